The summed E-state index contributed by atoms with van der Waals surface area (Å²) in [5.74, 6) is 0. The lowest BCUT2D eigenvalue weighted by Crippen LogP contribution is -1.74. The summed E-state index contributed by atoms with van der Waals surface area (Å²) in [4.78, 5) is 3.26. The van der Waals surface area contributed by atoms with Gasteiger partial charge in [0.2, 0.25) is 0 Å². The molecule has 0 aromatic rings. The van der Waals surface area contributed by atoms with Crippen LogP contribution in [0, 0.1) is 0 Å². The van der Waals surface area contributed by atoms with Gasteiger partial charge in [-0.2, -0.15) is 0 Å². The highest BCUT2D eigenvalue weighted by atomic mass is 19.3. The summed E-state index contributed by atoms with van der Waals surface area (Å²) in [7, 11) is 0. The van der Waals surface area contributed by atoms with E-state index < -0.39 is 0 Å². The first-order chi connectivity index (χ1) is 4.72. The molecule has 10 heavy (non-hydrogen) atoms. The lowest BCUT2D eigenvalue weighted by molar-refractivity contribution is -0.0617. The van der Waals surface area contributed by atoms with Gasteiger partial charge in [0.15, 0.2) is 0 Å². The predicted octanol–water partition coefficient (Wildman–Crippen LogP) is 2.92. The van der Waals surface area contributed by atoms with Crippen LogP contribution >= 0.6 is 0 Å². The van der Waals surface area contributed by atoms with Gasteiger partial charge in [0.05, 0.1) is 0 Å². The quantitative estimate of drug-likeness (QED) is 0.435. The minimum absolute atomic E-state index is 0.938. The SMILES string of the molecule is C=CC(C)=C(C)C=COF. The zero-order valence-corrected chi connectivity index (χ0v) is 6.23. The van der Waals surface area contributed by atoms with Gasteiger partial charge in [-0.15, -0.1) is 0 Å². The van der Waals surface area contributed by atoms with Gasteiger partial charge >= 0.3 is 0 Å². The highest BCUT2D eigenvalue weighted by Crippen LogP contribution is 2.04. The Morgan fingerprint density at radius 1 is 1.40 bits per heavy atom. The van der Waals surface area contributed by atoms with Crippen LogP contribution < -0.4 is 0 Å². The smallest absolute Gasteiger partial charge is 0.136 e. The average Bonchev–Trinajstić information content (AvgIpc) is 1.98. The van der Waals surface area contributed by atoms with Crippen molar-refractivity contribution in [2.75, 3.05) is 0 Å². The van der Waals surface area contributed by atoms with E-state index in [9.17, 15) is 4.53 Å². The van der Waals surface area contributed by atoms with Gasteiger partial charge in [0, 0.05) is 4.53 Å². The molecule has 0 aliphatic carbocycles. The summed E-state index contributed by atoms with van der Waals surface area (Å²) in [6, 6.07) is 0. The molecule has 0 saturated carbocycles. The fourth-order valence-electron chi connectivity index (χ4n) is 0.420. The first-order valence-electron chi connectivity index (χ1n) is 2.96. The Bertz CT molecular complexity index is 168. The Balaban J connectivity index is 4.17. The maximum Gasteiger partial charge on any atom is 0.136 e. The standard InChI is InChI=1S/C8H11FO/c1-4-7(2)8(3)5-6-10-9/h4-6H,1H2,2-3H3. The minimum atomic E-state index is 0.938. The van der Waals surface area contributed by atoms with Crippen LogP contribution in [0.3, 0.4) is 0 Å². The molecule has 0 bridgehead atoms. The van der Waals surface area contributed by atoms with E-state index in [0.717, 1.165) is 17.4 Å². The van der Waals surface area contributed by atoms with Crippen LogP contribution in [0.1, 0.15) is 13.8 Å². The molecule has 0 amide bonds. The maximum atomic E-state index is 11.1. The molecule has 0 N–H and O–H groups in total. The molecule has 0 aliphatic rings. The molecule has 56 valence electrons. The Morgan fingerprint density at radius 2 is 2.00 bits per heavy atom. The molecule has 0 aromatic carbocycles. The summed E-state index contributed by atoms with van der Waals surface area (Å²) < 4.78 is 11.1. The second kappa shape index (κ2) is 4.79. The molecule has 0 aromatic heterocycles. The van der Waals surface area contributed by atoms with Gasteiger partial charge < -0.3 is 4.94 Å². The molecule has 2 heteroatoms. The first-order valence-corrected chi connectivity index (χ1v) is 2.96. The largest absolute Gasteiger partial charge is 0.302 e. The summed E-state index contributed by atoms with van der Waals surface area (Å²) >= 11 is 0. The molecule has 0 fully saturated rings. The molecule has 0 aliphatic heterocycles. The van der Waals surface area contributed by atoms with E-state index in [1.807, 2.05) is 13.8 Å². The molecule has 1 nitrogen and oxygen atoms in total. The zero-order valence-electron chi connectivity index (χ0n) is 6.23. The van der Waals surface area contributed by atoms with E-state index in [1.165, 1.54) is 6.08 Å². The number of halogens is 1. The van der Waals surface area contributed by atoms with Crippen LogP contribution in [0.2, 0.25) is 0 Å². The Labute approximate surface area is 60.4 Å². The van der Waals surface area contributed by atoms with Crippen LogP contribution in [0.4, 0.5) is 4.53 Å². The molecule has 0 rings (SSSR count). The van der Waals surface area contributed by atoms with Crippen molar-refractivity contribution in [1.82, 2.24) is 0 Å². The topological polar surface area (TPSA) is 9.23 Å². The third-order valence-corrected chi connectivity index (χ3v) is 1.30. The number of rotatable bonds is 3. The van der Waals surface area contributed by atoms with Crippen LogP contribution in [0.5, 0.6) is 0 Å². The fraction of sp³-hybridized carbons (Fsp3) is 0.250. The van der Waals surface area contributed by atoms with E-state index in [1.54, 1.807) is 6.08 Å². The third kappa shape index (κ3) is 3.07. The highest BCUT2D eigenvalue weighted by Gasteiger charge is 1.85. The van der Waals surface area contributed by atoms with Crippen LogP contribution in [-0.4, -0.2) is 0 Å². The third-order valence-electron chi connectivity index (χ3n) is 1.30. The molecule has 0 heterocycles. The Hall–Kier alpha value is -1.05. The van der Waals surface area contributed by atoms with Gasteiger partial charge in [-0.1, -0.05) is 12.7 Å². The van der Waals surface area contributed by atoms with Crippen molar-refractivity contribution >= 4 is 0 Å². The second-order valence-corrected chi connectivity index (χ2v) is 1.96. The summed E-state index contributed by atoms with van der Waals surface area (Å²) in [5.41, 5.74) is 1.95. The molecular formula is C8H11FO. The van der Waals surface area contributed by atoms with E-state index in [2.05, 4.69) is 11.5 Å². The number of hydrogen-bond donors (Lipinski definition) is 0. The minimum Gasteiger partial charge on any atom is -0.302 e. The maximum absolute atomic E-state index is 11.1. The van der Waals surface area contributed by atoms with E-state index in [-0.39, 0.29) is 0 Å². The zero-order chi connectivity index (χ0) is 7.98. The lowest BCUT2D eigenvalue weighted by atomic mass is 10.1. The van der Waals surface area contributed by atoms with Crippen molar-refractivity contribution in [1.29, 1.82) is 0 Å². The van der Waals surface area contributed by atoms with Gasteiger partial charge in [0.25, 0.3) is 0 Å². The normalized spacial score (nSPS) is 13.1. The molecule has 0 radical (unpaired) electrons. The first kappa shape index (κ1) is 8.95. The summed E-state index contributed by atoms with van der Waals surface area (Å²) in [6.07, 6.45) is 4.23. The van der Waals surface area contributed by atoms with Crippen molar-refractivity contribution in [2.24, 2.45) is 0 Å². The van der Waals surface area contributed by atoms with Crippen molar-refractivity contribution in [3.63, 3.8) is 0 Å². The monoisotopic (exact) mass is 142 g/mol. The fourth-order valence-corrected chi connectivity index (χ4v) is 0.420. The average molecular weight is 142 g/mol. The predicted molar refractivity (Wildman–Crippen MR) is 39.9 cm³/mol. The van der Waals surface area contributed by atoms with Crippen molar-refractivity contribution in [3.05, 3.63) is 36.1 Å². The molecule has 0 unspecified atom stereocenters. The van der Waals surface area contributed by atoms with Crippen LogP contribution in [0.15, 0.2) is 36.1 Å². The van der Waals surface area contributed by atoms with Gasteiger partial charge in [0.1, 0.15) is 6.26 Å². The molecule has 0 saturated heterocycles. The van der Waals surface area contributed by atoms with Crippen molar-refractivity contribution in [3.8, 4) is 0 Å². The highest BCUT2D eigenvalue weighted by molar-refractivity contribution is 5.28. The van der Waals surface area contributed by atoms with E-state index in [4.69, 9.17) is 0 Å². The second-order valence-electron chi connectivity index (χ2n) is 1.96. The van der Waals surface area contributed by atoms with Gasteiger partial charge in [-0.3, -0.25) is 0 Å². The van der Waals surface area contributed by atoms with Crippen molar-refractivity contribution in [2.45, 2.75) is 13.8 Å². The van der Waals surface area contributed by atoms with Gasteiger partial charge in [-0.25, -0.2) is 0 Å². The van der Waals surface area contributed by atoms with Gasteiger partial charge in [-0.05, 0) is 31.1 Å². The number of allylic oxidation sites excluding steroid dienone is 4. The molecule has 0 atom stereocenters. The molecular weight excluding hydrogens is 131 g/mol. The molecule has 0 spiro atoms. The van der Waals surface area contributed by atoms with Crippen molar-refractivity contribution < 1.29 is 9.47 Å². The van der Waals surface area contributed by atoms with E-state index >= 15 is 0 Å². The van der Waals surface area contributed by atoms with Crippen LogP contribution in [-0.2, 0) is 4.94 Å². The summed E-state index contributed by atoms with van der Waals surface area (Å²) in [5, 5.41) is 0. The van der Waals surface area contributed by atoms with Crippen LogP contribution in [0.25, 0.3) is 0 Å². The Morgan fingerprint density at radius 3 is 2.40 bits per heavy atom. The van der Waals surface area contributed by atoms with E-state index in [0.29, 0.717) is 0 Å². The Kier molecular flexibility index (Phi) is 4.29. The summed E-state index contributed by atoms with van der Waals surface area (Å²) in [6.45, 7) is 7.31. The number of hydrogen-bond acceptors (Lipinski definition) is 1. The lowest BCUT2D eigenvalue weighted by Gasteiger charge is -1.93.